The van der Waals surface area contributed by atoms with Crippen LogP contribution in [0.5, 0.6) is 0 Å². The topological polar surface area (TPSA) is 12.0 Å². The highest BCUT2D eigenvalue weighted by molar-refractivity contribution is 5.21. The zero-order chi connectivity index (χ0) is 12.4. The summed E-state index contributed by atoms with van der Waals surface area (Å²) in [5.41, 5.74) is 1.49. The van der Waals surface area contributed by atoms with Crippen LogP contribution in [0.3, 0.4) is 0 Å². The van der Waals surface area contributed by atoms with Crippen LogP contribution in [0.25, 0.3) is 0 Å². The van der Waals surface area contributed by atoms with Crippen molar-refractivity contribution in [2.24, 2.45) is 11.8 Å². The predicted molar refractivity (Wildman–Crippen MR) is 76.5 cm³/mol. The summed E-state index contributed by atoms with van der Waals surface area (Å²) in [5.74, 6) is 1.80. The van der Waals surface area contributed by atoms with E-state index in [9.17, 15) is 0 Å². The molecule has 18 heavy (non-hydrogen) atoms. The van der Waals surface area contributed by atoms with E-state index in [1.54, 1.807) is 0 Å². The van der Waals surface area contributed by atoms with Gasteiger partial charge < -0.3 is 5.32 Å². The van der Waals surface area contributed by atoms with Gasteiger partial charge in [0, 0.05) is 12.1 Å². The van der Waals surface area contributed by atoms with Crippen LogP contribution in [0.1, 0.15) is 57.1 Å². The molecule has 1 N–H and O–H groups in total. The third-order valence-electron chi connectivity index (χ3n) is 4.80. The van der Waals surface area contributed by atoms with Crippen LogP contribution in [0, 0.1) is 11.8 Å². The average Bonchev–Trinajstić information content (AvgIpc) is 3.10. The molecule has 0 radical (unpaired) electrons. The Bertz CT molecular complexity index is 362. The van der Waals surface area contributed by atoms with Crippen molar-refractivity contribution in [1.29, 1.82) is 0 Å². The molecule has 0 aromatic heterocycles. The summed E-state index contributed by atoms with van der Waals surface area (Å²) >= 11 is 0. The van der Waals surface area contributed by atoms with Crippen molar-refractivity contribution in [2.75, 3.05) is 0 Å². The maximum absolute atomic E-state index is 3.94. The molecule has 1 nitrogen and oxygen atoms in total. The molecule has 1 heteroatoms. The molecule has 0 bridgehead atoms. The van der Waals surface area contributed by atoms with Crippen molar-refractivity contribution in [3.63, 3.8) is 0 Å². The van der Waals surface area contributed by atoms with E-state index in [0.717, 1.165) is 11.8 Å². The first-order chi connectivity index (χ1) is 8.84. The molecule has 1 unspecified atom stereocenters. The zero-order valence-corrected chi connectivity index (χ0v) is 11.4. The molecule has 2 aliphatic carbocycles. The lowest BCUT2D eigenvalue weighted by atomic mass is 9.95. The van der Waals surface area contributed by atoms with Crippen LogP contribution in [0.2, 0.25) is 0 Å². The van der Waals surface area contributed by atoms with Crippen molar-refractivity contribution in [3.05, 3.63) is 35.9 Å². The van der Waals surface area contributed by atoms with Crippen LogP contribution in [0.15, 0.2) is 30.3 Å². The highest BCUT2D eigenvalue weighted by Gasteiger charge is 2.34. The van der Waals surface area contributed by atoms with Crippen molar-refractivity contribution in [1.82, 2.24) is 5.32 Å². The normalized spacial score (nSPS) is 24.1. The average molecular weight is 243 g/mol. The Morgan fingerprint density at radius 2 is 1.61 bits per heavy atom. The summed E-state index contributed by atoms with van der Waals surface area (Å²) in [6.45, 7) is 2.40. The third kappa shape index (κ3) is 2.77. The van der Waals surface area contributed by atoms with Gasteiger partial charge in [-0.05, 0) is 50.0 Å². The fraction of sp³-hybridized carbons (Fsp3) is 0.647. The molecule has 0 aliphatic heterocycles. The molecule has 3 rings (SSSR count). The van der Waals surface area contributed by atoms with Crippen LogP contribution < -0.4 is 5.32 Å². The molecule has 0 saturated heterocycles. The van der Waals surface area contributed by atoms with E-state index >= 15 is 0 Å². The standard InChI is InChI=1S/C17H25N/c1-13(14-7-5-6-8-14)18-17(16-11-12-16)15-9-3-2-4-10-15/h2-4,9-10,13-14,16-18H,5-8,11-12H2,1H3/t13-,17?/m1/s1. The maximum atomic E-state index is 3.94. The van der Waals surface area contributed by atoms with E-state index in [2.05, 4.69) is 42.6 Å². The lowest BCUT2D eigenvalue weighted by Gasteiger charge is -2.27. The highest BCUT2D eigenvalue weighted by Crippen LogP contribution is 2.42. The van der Waals surface area contributed by atoms with Crippen LogP contribution >= 0.6 is 0 Å². The summed E-state index contributed by atoms with van der Waals surface area (Å²) in [5, 5.41) is 3.94. The first-order valence-electron chi connectivity index (χ1n) is 7.65. The van der Waals surface area contributed by atoms with Crippen LogP contribution in [-0.2, 0) is 0 Å². The fourth-order valence-electron chi connectivity index (χ4n) is 3.47. The second kappa shape index (κ2) is 5.44. The van der Waals surface area contributed by atoms with Gasteiger partial charge >= 0.3 is 0 Å². The van der Waals surface area contributed by atoms with E-state index in [-0.39, 0.29) is 0 Å². The van der Waals surface area contributed by atoms with E-state index in [1.807, 2.05) is 0 Å². The molecule has 0 amide bonds. The molecule has 2 fully saturated rings. The second-order valence-electron chi connectivity index (χ2n) is 6.23. The van der Waals surface area contributed by atoms with E-state index in [0.29, 0.717) is 12.1 Å². The van der Waals surface area contributed by atoms with Gasteiger partial charge in [-0.15, -0.1) is 0 Å². The molecule has 98 valence electrons. The van der Waals surface area contributed by atoms with Gasteiger partial charge in [0.15, 0.2) is 0 Å². The minimum absolute atomic E-state index is 0.599. The largest absolute Gasteiger partial charge is 0.307 e. The number of rotatable bonds is 5. The highest BCUT2D eigenvalue weighted by atomic mass is 15.0. The summed E-state index contributed by atoms with van der Waals surface area (Å²) in [7, 11) is 0. The van der Waals surface area contributed by atoms with Gasteiger partial charge in [-0.3, -0.25) is 0 Å². The number of hydrogen-bond donors (Lipinski definition) is 1. The van der Waals surface area contributed by atoms with Crippen molar-refractivity contribution >= 4 is 0 Å². The van der Waals surface area contributed by atoms with E-state index in [4.69, 9.17) is 0 Å². The van der Waals surface area contributed by atoms with E-state index in [1.165, 1.54) is 44.1 Å². The van der Waals surface area contributed by atoms with Gasteiger partial charge in [0.25, 0.3) is 0 Å². The van der Waals surface area contributed by atoms with Gasteiger partial charge in [-0.1, -0.05) is 43.2 Å². The lowest BCUT2D eigenvalue weighted by molar-refractivity contribution is 0.327. The molecular formula is C17H25N. The summed E-state index contributed by atoms with van der Waals surface area (Å²) in [6.07, 6.45) is 8.56. The Morgan fingerprint density at radius 3 is 2.22 bits per heavy atom. The summed E-state index contributed by atoms with van der Waals surface area (Å²) in [6, 6.07) is 12.3. The van der Waals surface area contributed by atoms with Gasteiger partial charge in [0.2, 0.25) is 0 Å². The second-order valence-corrected chi connectivity index (χ2v) is 6.23. The van der Waals surface area contributed by atoms with Gasteiger partial charge in [0.05, 0.1) is 0 Å². The molecule has 0 heterocycles. The molecule has 2 atom stereocenters. The predicted octanol–water partition coefficient (Wildman–Crippen LogP) is 4.31. The lowest BCUT2D eigenvalue weighted by Crippen LogP contribution is -2.36. The fourth-order valence-corrected chi connectivity index (χ4v) is 3.47. The summed E-state index contributed by atoms with van der Waals surface area (Å²) in [4.78, 5) is 0. The van der Waals surface area contributed by atoms with Crippen molar-refractivity contribution in [2.45, 2.75) is 57.5 Å². The molecule has 1 aromatic rings. The zero-order valence-electron chi connectivity index (χ0n) is 11.4. The van der Waals surface area contributed by atoms with Gasteiger partial charge in [-0.25, -0.2) is 0 Å². The van der Waals surface area contributed by atoms with Crippen molar-refractivity contribution < 1.29 is 0 Å². The number of hydrogen-bond acceptors (Lipinski definition) is 1. The smallest absolute Gasteiger partial charge is 0.0351 e. The Balaban J connectivity index is 1.67. The van der Waals surface area contributed by atoms with Crippen molar-refractivity contribution in [3.8, 4) is 0 Å². The number of benzene rings is 1. The minimum Gasteiger partial charge on any atom is -0.307 e. The van der Waals surface area contributed by atoms with Gasteiger partial charge in [0.1, 0.15) is 0 Å². The molecule has 0 spiro atoms. The first-order valence-corrected chi connectivity index (χ1v) is 7.65. The van der Waals surface area contributed by atoms with E-state index < -0.39 is 0 Å². The van der Waals surface area contributed by atoms with Crippen LogP contribution in [0.4, 0.5) is 0 Å². The molecule has 2 aliphatic rings. The Hall–Kier alpha value is -0.820. The molecular weight excluding hydrogens is 218 g/mol. The third-order valence-corrected chi connectivity index (χ3v) is 4.80. The first kappa shape index (κ1) is 12.2. The maximum Gasteiger partial charge on any atom is 0.0351 e. The van der Waals surface area contributed by atoms with Gasteiger partial charge in [-0.2, -0.15) is 0 Å². The Kier molecular flexibility index (Phi) is 3.69. The molecule has 2 saturated carbocycles. The summed E-state index contributed by atoms with van der Waals surface area (Å²) < 4.78 is 0. The van der Waals surface area contributed by atoms with Crippen LogP contribution in [-0.4, -0.2) is 6.04 Å². The Labute approximate surface area is 111 Å². The minimum atomic E-state index is 0.599. The molecule has 1 aromatic carbocycles. The SMILES string of the molecule is C[C@@H](NC(c1ccccc1)C1CC1)C1CCCC1. The monoisotopic (exact) mass is 243 g/mol. The Morgan fingerprint density at radius 1 is 0.944 bits per heavy atom. The number of nitrogens with one attached hydrogen (secondary N) is 1. The quantitative estimate of drug-likeness (QED) is 0.812.